The van der Waals surface area contributed by atoms with Gasteiger partial charge in [0.25, 0.3) is 0 Å². The molecule has 0 radical (unpaired) electrons. The maximum absolute atomic E-state index is 5.78. The van der Waals surface area contributed by atoms with Crippen molar-refractivity contribution in [3.8, 4) is 11.5 Å². The van der Waals surface area contributed by atoms with E-state index in [1.165, 1.54) is 0 Å². The Morgan fingerprint density at radius 3 is 2.61 bits per heavy atom. The van der Waals surface area contributed by atoms with Crippen molar-refractivity contribution in [2.75, 3.05) is 45.8 Å². The summed E-state index contributed by atoms with van der Waals surface area (Å²) >= 11 is 0. The maximum Gasteiger partial charge on any atom is 0.142 e. The van der Waals surface area contributed by atoms with Gasteiger partial charge in [0.2, 0.25) is 0 Å². The normalized spacial score (nSPS) is 16.8. The Labute approximate surface area is 107 Å². The summed E-state index contributed by atoms with van der Waals surface area (Å²) in [5.41, 5.74) is 6.75. The van der Waals surface area contributed by atoms with E-state index >= 15 is 0 Å². The Morgan fingerprint density at radius 1 is 1.33 bits per heavy atom. The molecule has 0 atom stereocenters. The Bertz CT molecular complexity index is 400. The van der Waals surface area contributed by atoms with E-state index in [2.05, 4.69) is 5.32 Å². The van der Waals surface area contributed by atoms with Crippen LogP contribution in [0.4, 0.5) is 5.69 Å². The van der Waals surface area contributed by atoms with Crippen LogP contribution in [0.15, 0.2) is 18.2 Å². The van der Waals surface area contributed by atoms with Crippen molar-refractivity contribution in [2.45, 2.75) is 0 Å². The van der Waals surface area contributed by atoms with Crippen molar-refractivity contribution in [1.82, 2.24) is 0 Å². The molecule has 0 amide bonds. The second-order valence-electron chi connectivity index (χ2n) is 4.62. The lowest BCUT2D eigenvalue weighted by Gasteiger charge is -2.40. The molecule has 5 nitrogen and oxygen atoms in total. The molecule has 0 spiro atoms. The van der Waals surface area contributed by atoms with Crippen LogP contribution in [0.3, 0.4) is 0 Å². The summed E-state index contributed by atoms with van der Waals surface area (Å²) in [5.74, 6) is 1.59. The second kappa shape index (κ2) is 5.46. The summed E-state index contributed by atoms with van der Waals surface area (Å²) < 4.78 is 15.8. The third-order valence-corrected chi connectivity index (χ3v) is 3.31. The van der Waals surface area contributed by atoms with Gasteiger partial charge in [-0.05, 0) is 12.1 Å². The molecule has 1 aliphatic rings. The molecule has 1 aliphatic heterocycles. The first-order valence-corrected chi connectivity index (χ1v) is 5.97. The first kappa shape index (κ1) is 13.0. The van der Waals surface area contributed by atoms with Crippen molar-refractivity contribution >= 4 is 5.69 Å². The molecule has 0 aromatic heterocycles. The molecule has 1 saturated heterocycles. The standard InChI is InChI=1S/C13H20N2O3/c1-16-10-3-4-12(17-2)11(5-10)15-7-13(6-14)8-18-9-13/h3-5,15H,6-9,14H2,1-2H3. The number of ether oxygens (including phenoxy) is 3. The molecule has 0 aliphatic carbocycles. The number of anilines is 1. The number of benzene rings is 1. The lowest BCUT2D eigenvalue weighted by Crippen LogP contribution is -2.52. The summed E-state index contributed by atoms with van der Waals surface area (Å²) in [4.78, 5) is 0. The lowest BCUT2D eigenvalue weighted by molar-refractivity contribution is -0.0979. The van der Waals surface area contributed by atoms with E-state index in [0.29, 0.717) is 19.8 Å². The monoisotopic (exact) mass is 252 g/mol. The van der Waals surface area contributed by atoms with E-state index in [9.17, 15) is 0 Å². The van der Waals surface area contributed by atoms with Crippen LogP contribution < -0.4 is 20.5 Å². The summed E-state index contributed by atoms with van der Waals surface area (Å²) in [6.07, 6.45) is 0. The van der Waals surface area contributed by atoms with Gasteiger partial charge in [0.05, 0.1) is 33.1 Å². The molecule has 1 aromatic rings. The Hall–Kier alpha value is -1.46. The highest BCUT2D eigenvalue weighted by atomic mass is 16.5. The Kier molecular flexibility index (Phi) is 3.93. The van der Waals surface area contributed by atoms with Gasteiger partial charge in [-0.15, -0.1) is 0 Å². The maximum atomic E-state index is 5.78. The molecular weight excluding hydrogens is 232 g/mol. The van der Waals surface area contributed by atoms with Gasteiger partial charge in [-0.2, -0.15) is 0 Å². The fourth-order valence-corrected chi connectivity index (χ4v) is 1.92. The highest BCUT2D eigenvalue weighted by Crippen LogP contribution is 2.32. The second-order valence-corrected chi connectivity index (χ2v) is 4.62. The first-order valence-electron chi connectivity index (χ1n) is 5.97. The minimum absolute atomic E-state index is 0.0497. The SMILES string of the molecule is COc1ccc(OC)c(NCC2(CN)COC2)c1. The predicted octanol–water partition coefficient (Wildman–Crippen LogP) is 1.09. The molecule has 2 rings (SSSR count). The number of rotatable bonds is 6. The van der Waals surface area contributed by atoms with Crippen molar-refractivity contribution in [1.29, 1.82) is 0 Å². The zero-order valence-electron chi connectivity index (χ0n) is 10.9. The van der Waals surface area contributed by atoms with E-state index in [1.54, 1.807) is 14.2 Å². The van der Waals surface area contributed by atoms with Gasteiger partial charge in [-0.1, -0.05) is 0 Å². The smallest absolute Gasteiger partial charge is 0.142 e. The van der Waals surface area contributed by atoms with Crippen molar-refractivity contribution in [2.24, 2.45) is 11.1 Å². The summed E-state index contributed by atoms with van der Waals surface area (Å²) in [6, 6.07) is 5.67. The number of nitrogens with one attached hydrogen (secondary N) is 1. The summed E-state index contributed by atoms with van der Waals surface area (Å²) in [6.45, 7) is 2.81. The fourth-order valence-electron chi connectivity index (χ4n) is 1.92. The van der Waals surface area contributed by atoms with E-state index in [0.717, 1.165) is 23.7 Å². The minimum Gasteiger partial charge on any atom is -0.497 e. The van der Waals surface area contributed by atoms with E-state index in [-0.39, 0.29) is 5.41 Å². The van der Waals surface area contributed by atoms with Crippen LogP contribution in [0.25, 0.3) is 0 Å². The Morgan fingerprint density at radius 2 is 2.11 bits per heavy atom. The minimum atomic E-state index is 0.0497. The predicted molar refractivity (Wildman–Crippen MR) is 70.3 cm³/mol. The molecule has 1 heterocycles. The number of methoxy groups -OCH3 is 2. The van der Waals surface area contributed by atoms with Crippen molar-refractivity contribution in [3.63, 3.8) is 0 Å². The van der Waals surface area contributed by atoms with Gasteiger partial charge in [-0.3, -0.25) is 0 Å². The van der Waals surface area contributed by atoms with E-state index < -0.39 is 0 Å². The van der Waals surface area contributed by atoms with Crippen molar-refractivity contribution in [3.05, 3.63) is 18.2 Å². The van der Waals surface area contributed by atoms with E-state index in [1.807, 2.05) is 18.2 Å². The zero-order valence-corrected chi connectivity index (χ0v) is 10.9. The van der Waals surface area contributed by atoms with Crippen LogP contribution >= 0.6 is 0 Å². The van der Waals surface area contributed by atoms with Crippen LogP contribution in [0, 0.1) is 5.41 Å². The van der Waals surface area contributed by atoms with Gasteiger partial charge < -0.3 is 25.3 Å². The molecule has 18 heavy (non-hydrogen) atoms. The van der Waals surface area contributed by atoms with Gasteiger partial charge >= 0.3 is 0 Å². The van der Waals surface area contributed by atoms with Gasteiger partial charge in [0.15, 0.2) is 0 Å². The first-order chi connectivity index (χ1) is 8.73. The average Bonchev–Trinajstić information content (AvgIpc) is 2.37. The number of hydrogen-bond donors (Lipinski definition) is 2. The van der Waals surface area contributed by atoms with Gasteiger partial charge in [-0.25, -0.2) is 0 Å². The van der Waals surface area contributed by atoms with Crippen LogP contribution in [-0.2, 0) is 4.74 Å². The highest BCUT2D eigenvalue weighted by molar-refractivity contribution is 5.59. The lowest BCUT2D eigenvalue weighted by atomic mass is 9.86. The largest absolute Gasteiger partial charge is 0.497 e. The highest BCUT2D eigenvalue weighted by Gasteiger charge is 2.37. The third kappa shape index (κ3) is 2.52. The summed E-state index contributed by atoms with van der Waals surface area (Å²) in [7, 11) is 3.30. The molecule has 3 N–H and O–H groups in total. The number of hydrogen-bond acceptors (Lipinski definition) is 5. The molecule has 5 heteroatoms. The van der Waals surface area contributed by atoms with Crippen LogP contribution in [-0.4, -0.2) is 40.5 Å². The molecular formula is C13H20N2O3. The topological polar surface area (TPSA) is 65.7 Å². The zero-order chi connectivity index (χ0) is 13.0. The quantitative estimate of drug-likeness (QED) is 0.793. The van der Waals surface area contributed by atoms with E-state index in [4.69, 9.17) is 19.9 Å². The van der Waals surface area contributed by atoms with Crippen LogP contribution in [0.5, 0.6) is 11.5 Å². The molecule has 0 bridgehead atoms. The van der Waals surface area contributed by atoms with Crippen LogP contribution in [0.2, 0.25) is 0 Å². The van der Waals surface area contributed by atoms with Crippen molar-refractivity contribution < 1.29 is 14.2 Å². The number of nitrogens with two attached hydrogens (primary N) is 1. The molecule has 1 aromatic carbocycles. The fraction of sp³-hybridized carbons (Fsp3) is 0.538. The van der Waals surface area contributed by atoms with Crippen LogP contribution in [0.1, 0.15) is 0 Å². The molecule has 100 valence electrons. The molecule has 0 unspecified atom stereocenters. The molecule has 1 fully saturated rings. The third-order valence-electron chi connectivity index (χ3n) is 3.31. The molecule has 0 saturated carbocycles. The Balaban J connectivity index is 2.07. The van der Waals surface area contributed by atoms with Gasteiger partial charge in [0.1, 0.15) is 11.5 Å². The van der Waals surface area contributed by atoms with Gasteiger partial charge in [0, 0.05) is 24.6 Å². The summed E-state index contributed by atoms with van der Waals surface area (Å²) in [5, 5.41) is 3.37. The average molecular weight is 252 g/mol.